The molecular weight excluding hydrogens is 551 g/mol. The van der Waals surface area contributed by atoms with Crippen molar-refractivity contribution in [3.8, 4) is 17.4 Å². The number of ether oxygens (including phenoxy) is 3. The third kappa shape index (κ3) is 9.07. The van der Waals surface area contributed by atoms with Gasteiger partial charge in [0.1, 0.15) is 28.6 Å². The van der Waals surface area contributed by atoms with Crippen molar-refractivity contribution in [2.75, 3.05) is 30.3 Å². The van der Waals surface area contributed by atoms with E-state index in [1.165, 1.54) is 12.1 Å². The van der Waals surface area contributed by atoms with Gasteiger partial charge in [-0.1, -0.05) is 39.0 Å². The number of benzene rings is 2. The Balaban J connectivity index is 1.30. The van der Waals surface area contributed by atoms with Crippen LogP contribution < -0.4 is 20.1 Å². The van der Waals surface area contributed by atoms with E-state index in [2.05, 4.69) is 36.4 Å². The Morgan fingerprint density at radius 1 is 0.953 bits per heavy atom. The Bertz CT molecular complexity index is 1430. The molecule has 2 N–H and O–H groups in total. The van der Waals surface area contributed by atoms with Crippen molar-refractivity contribution < 1.29 is 28.2 Å². The van der Waals surface area contributed by atoms with Crippen LogP contribution in [0, 0.1) is 11.7 Å². The Kier molecular flexibility index (Phi) is 9.78. The molecule has 4 rings (SSSR count). The summed E-state index contributed by atoms with van der Waals surface area (Å²) < 4.78 is 32.3. The van der Waals surface area contributed by atoms with Gasteiger partial charge in [-0.15, -0.1) is 0 Å². The van der Waals surface area contributed by atoms with Gasteiger partial charge in [-0.2, -0.15) is 0 Å². The number of amides is 3. The highest BCUT2D eigenvalue weighted by Gasteiger charge is 2.27. The Hall–Kier alpha value is -4.34. The minimum atomic E-state index is -0.647. The summed E-state index contributed by atoms with van der Waals surface area (Å²) in [6.07, 6.45) is 2.80. The lowest BCUT2D eigenvalue weighted by molar-refractivity contribution is 0.0165. The van der Waals surface area contributed by atoms with Crippen LogP contribution in [-0.2, 0) is 10.2 Å². The molecule has 2 heterocycles. The molecule has 0 bridgehead atoms. The molecule has 0 aliphatic carbocycles. The molecule has 0 unspecified atom stereocenters. The van der Waals surface area contributed by atoms with Gasteiger partial charge in [-0.3, -0.25) is 0 Å². The third-order valence-electron chi connectivity index (χ3n) is 6.86. The lowest BCUT2D eigenvalue weighted by Gasteiger charge is -2.33. The molecule has 1 fully saturated rings. The minimum absolute atomic E-state index is 0.0000410. The van der Waals surface area contributed by atoms with E-state index in [-0.39, 0.29) is 29.0 Å². The molecule has 43 heavy (non-hydrogen) atoms. The minimum Gasteiger partial charge on any atom is -0.493 e. The van der Waals surface area contributed by atoms with Crippen molar-refractivity contribution in [1.82, 2.24) is 9.88 Å². The van der Waals surface area contributed by atoms with Crippen molar-refractivity contribution in [3.63, 3.8) is 0 Å². The highest BCUT2D eigenvalue weighted by atomic mass is 19.1. The van der Waals surface area contributed by atoms with Crippen LogP contribution in [0.1, 0.15) is 59.9 Å². The molecule has 1 aliphatic rings. The Morgan fingerprint density at radius 3 is 2.33 bits per heavy atom. The lowest BCUT2D eigenvalue weighted by Crippen LogP contribution is -2.42. The van der Waals surface area contributed by atoms with Gasteiger partial charge >= 0.3 is 12.1 Å². The smallest absolute Gasteiger partial charge is 0.410 e. The van der Waals surface area contributed by atoms with Gasteiger partial charge in [-0.25, -0.2) is 19.0 Å². The first-order chi connectivity index (χ1) is 20.3. The van der Waals surface area contributed by atoms with Crippen molar-refractivity contribution in [2.45, 2.75) is 65.4 Å². The summed E-state index contributed by atoms with van der Waals surface area (Å²) in [4.78, 5) is 31.1. The van der Waals surface area contributed by atoms with Crippen LogP contribution in [0.5, 0.6) is 17.4 Å². The molecule has 3 aromatic rings. The first-order valence-electron chi connectivity index (χ1n) is 14.5. The maximum Gasteiger partial charge on any atom is 0.410 e. The highest BCUT2D eigenvalue weighted by Crippen LogP contribution is 2.35. The fourth-order valence-electron chi connectivity index (χ4n) is 4.63. The van der Waals surface area contributed by atoms with Gasteiger partial charge in [0.2, 0.25) is 5.88 Å². The van der Waals surface area contributed by atoms with Crippen LogP contribution in [-0.4, -0.2) is 47.3 Å². The van der Waals surface area contributed by atoms with Crippen LogP contribution in [0.25, 0.3) is 0 Å². The molecule has 3 amide bonds. The number of carbonyl (C=O) groups excluding carboxylic acids is 2. The fourth-order valence-corrected chi connectivity index (χ4v) is 4.63. The summed E-state index contributed by atoms with van der Waals surface area (Å²) in [6.45, 7) is 13.4. The number of nitrogens with one attached hydrogen (secondary N) is 2. The number of nitrogens with zero attached hydrogens (tertiary/aromatic N) is 2. The molecule has 2 aromatic carbocycles. The molecule has 0 radical (unpaired) electrons. The standard InChI is InChI=1S/C33H41FN4O5/c1-32(2,3)24-10-7-8-12-28(24)42-29-27(11-9-17-35-29)37-30(39)36-26-14-13-23(20-25(26)34)41-21-22-15-18-38(19-16-22)31(40)43-33(4,5)6/h7-14,17,20,22H,15-16,18-19,21H2,1-6H3,(H2,36,37,39). The third-order valence-corrected chi connectivity index (χ3v) is 6.86. The largest absolute Gasteiger partial charge is 0.493 e. The lowest BCUT2D eigenvalue weighted by atomic mass is 9.86. The molecule has 10 heteroatoms. The quantitative estimate of drug-likeness (QED) is 0.288. The molecule has 1 aliphatic heterocycles. The number of anilines is 2. The fraction of sp³-hybridized carbons (Fsp3) is 0.424. The second kappa shape index (κ2) is 13.3. The first kappa shape index (κ1) is 31.6. The summed E-state index contributed by atoms with van der Waals surface area (Å²) in [5.41, 5.74) is 0.634. The predicted molar refractivity (Wildman–Crippen MR) is 165 cm³/mol. The number of para-hydroxylation sites is 1. The van der Waals surface area contributed by atoms with Crippen LogP contribution in [0.3, 0.4) is 0 Å². The maximum atomic E-state index is 14.9. The SMILES string of the molecule is CC(C)(C)OC(=O)N1CCC(COc2ccc(NC(=O)Nc3cccnc3Oc3ccccc3C(C)(C)C)c(F)c2)CC1. The Labute approximate surface area is 252 Å². The zero-order chi connectivity index (χ0) is 31.2. The zero-order valence-electron chi connectivity index (χ0n) is 25.7. The van der Waals surface area contributed by atoms with E-state index in [9.17, 15) is 14.0 Å². The summed E-state index contributed by atoms with van der Waals surface area (Å²) in [7, 11) is 0. The average molecular weight is 593 g/mol. The topological polar surface area (TPSA) is 102 Å². The van der Waals surface area contributed by atoms with Crippen molar-refractivity contribution in [3.05, 3.63) is 72.2 Å². The highest BCUT2D eigenvalue weighted by molar-refractivity contribution is 6.00. The van der Waals surface area contributed by atoms with E-state index in [1.807, 2.05) is 45.0 Å². The van der Waals surface area contributed by atoms with Gasteiger partial charge in [0.25, 0.3) is 0 Å². The summed E-state index contributed by atoms with van der Waals surface area (Å²) in [5, 5.41) is 5.24. The van der Waals surface area contributed by atoms with E-state index in [4.69, 9.17) is 14.2 Å². The number of piperidine rings is 1. The molecule has 1 saturated heterocycles. The van der Waals surface area contributed by atoms with E-state index >= 15 is 0 Å². The number of carbonyl (C=O) groups is 2. The average Bonchev–Trinajstić information content (AvgIpc) is 2.93. The molecular formula is C33H41FN4O5. The number of likely N-dealkylation sites (tertiary alicyclic amines) is 1. The molecule has 0 atom stereocenters. The van der Waals surface area contributed by atoms with E-state index < -0.39 is 17.4 Å². The normalized spacial score (nSPS) is 14.2. The van der Waals surface area contributed by atoms with Gasteiger partial charge < -0.3 is 29.7 Å². The van der Waals surface area contributed by atoms with Crippen molar-refractivity contribution >= 4 is 23.5 Å². The van der Waals surface area contributed by atoms with E-state index in [1.54, 1.807) is 29.3 Å². The number of pyridine rings is 1. The van der Waals surface area contributed by atoms with Crippen LogP contribution in [0.15, 0.2) is 60.8 Å². The van der Waals surface area contributed by atoms with Gasteiger partial charge in [0.05, 0.1) is 12.3 Å². The van der Waals surface area contributed by atoms with Crippen LogP contribution in [0.2, 0.25) is 0 Å². The van der Waals surface area contributed by atoms with Gasteiger partial charge in [0, 0.05) is 30.9 Å². The number of aromatic nitrogens is 1. The molecule has 230 valence electrons. The molecule has 9 nitrogen and oxygen atoms in total. The van der Waals surface area contributed by atoms with Crippen molar-refractivity contribution in [2.24, 2.45) is 5.92 Å². The predicted octanol–water partition coefficient (Wildman–Crippen LogP) is 7.98. The molecule has 1 aromatic heterocycles. The van der Waals surface area contributed by atoms with Crippen molar-refractivity contribution in [1.29, 1.82) is 0 Å². The number of halogens is 1. The number of hydrogen-bond acceptors (Lipinski definition) is 6. The number of hydrogen-bond donors (Lipinski definition) is 2. The van der Waals surface area contributed by atoms with Crippen LogP contribution >= 0.6 is 0 Å². The monoisotopic (exact) mass is 592 g/mol. The Morgan fingerprint density at radius 2 is 1.65 bits per heavy atom. The summed E-state index contributed by atoms with van der Waals surface area (Å²) in [6, 6.07) is 14.7. The van der Waals surface area contributed by atoms with Crippen LogP contribution in [0.4, 0.5) is 25.4 Å². The van der Waals surface area contributed by atoms with Gasteiger partial charge in [0.15, 0.2) is 0 Å². The number of rotatable bonds is 7. The van der Waals surface area contributed by atoms with Gasteiger partial charge in [-0.05, 0) is 75.3 Å². The second-order valence-corrected chi connectivity index (χ2v) is 12.6. The summed E-state index contributed by atoms with van der Waals surface area (Å²) >= 11 is 0. The number of urea groups is 1. The summed E-state index contributed by atoms with van der Waals surface area (Å²) in [5.74, 6) is 0.812. The maximum absolute atomic E-state index is 14.9. The zero-order valence-corrected chi connectivity index (χ0v) is 25.7. The molecule has 0 saturated carbocycles. The van der Waals surface area contributed by atoms with E-state index in [0.717, 1.165) is 18.4 Å². The van der Waals surface area contributed by atoms with E-state index in [0.29, 0.717) is 36.9 Å². The molecule has 0 spiro atoms. The second-order valence-electron chi connectivity index (χ2n) is 12.6. The first-order valence-corrected chi connectivity index (χ1v) is 14.5.